The molecule has 192 valence electrons. The number of tetrazole rings is 1. The maximum atomic E-state index is 13.1. The quantitative estimate of drug-likeness (QED) is 0.378. The Morgan fingerprint density at radius 2 is 2.09 bits per heavy atom. The van der Waals surface area contributed by atoms with Crippen molar-refractivity contribution in [1.29, 1.82) is 0 Å². The summed E-state index contributed by atoms with van der Waals surface area (Å²) in [5.41, 5.74) is -0.0279. The van der Waals surface area contributed by atoms with Crippen LogP contribution in [-0.2, 0) is 30.1 Å². The summed E-state index contributed by atoms with van der Waals surface area (Å²) < 4.78 is 26.4. The van der Waals surface area contributed by atoms with Gasteiger partial charge in [-0.2, -0.15) is 0 Å². The van der Waals surface area contributed by atoms with E-state index in [0.29, 0.717) is 17.9 Å². The minimum absolute atomic E-state index is 0.0166. The predicted molar refractivity (Wildman–Crippen MR) is 125 cm³/mol. The number of carboxylic acid groups (broad SMARTS) is 1. The second kappa shape index (κ2) is 9.50. The number of fused-ring (bicyclic) bond motifs is 1. The van der Waals surface area contributed by atoms with Crippen molar-refractivity contribution in [3.05, 3.63) is 16.9 Å². The summed E-state index contributed by atoms with van der Waals surface area (Å²) in [6.07, 6.45) is 1.76. The van der Waals surface area contributed by atoms with Gasteiger partial charge >= 0.3 is 5.97 Å². The second-order valence-corrected chi connectivity index (χ2v) is 13.0. The molecule has 6 atom stereocenters. The van der Waals surface area contributed by atoms with E-state index >= 15 is 0 Å². The molecule has 1 aromatic heterocycles. The fraction of sp³-hybridized carbons (Fsp3) is 0.700. The van der Waals surface area contributed by atoms with Gasteiger partial charge in [-0.25, -0.2) is 17.9 Å². The number of aromatic nitrogens is 4. The van der Waals surface area contributed by atoms with Gasteiger partial charge in [0.15, 0.2) is 9.84 Å². The second-order valence-electron chi connectivity index (χ2n) is 9.57. The zero-order valence-corrected chi connectivity index (χ0v) is 21.5. The van der Waals surface area contributed by atoms with Crippen molar-refractivity contribution in [3.8, 4) is 0 Å². The van der Waals surface area contributed by atoms with Gasteiger partial charge in [0.25, 0.3) is 0 Å². The van der Waals surface area contributed by atoms with E-state index in [1.807, 2.05) is 6.92 Å². The van der Waals surface area contributed by atoms with Gasteiger partial charge in [0, 0.05) is 36.7 Å². The van der Waals surface area contributed by atoms with E-state index in [-0.39, 0.29) is 40.5 Å². The monoisotopic (exact) mass is 527 g/mol. The summed E-state index contributed by atoms with van der Waals surface area (Å²) in [5.74, 6) is -3.60. The number of hydrogen-bond acceptors (Lipinski definition) is 10. The Hall–Kier alpha value is -2.52. The summed E-state index contributed by atoms with van der Waals surface area (Å²) in [5, 5.41) is 23.5. The number of hydrogen-bond donors (Lipinski definition) is 2. The minimum Gasteiger partial charge on any atom is -0.477 e. The molecule has 3 aliphatic heterocycles. The number of carbonyl (C=O) groups excluding carboxylic acids is 2. The van der Waals surface area contributed by atoms with Crippen molar-refractivity contribution < 1.29 is 27.9 Å². The van der Waals surface area contributed by atoms with E-state index in [2.05, 4.69) is 20.8 Å². The summed E-state index contributed by atoms with van der Waals surface area (Å²) in [6, 6.07) is -0.743. The largest absolute Gasteiger partial charge is 0.477 e. The van der Waals surface area contributed by atoms with E-state index in [1.54, 1.807) is 21.0 Å². The van der Waals surface area contributed by atoms with Gasteiger partial charge in [-0.15, -0.1) is 16.9 Å². The number of nitrogens with one attached hydrogen (secondary N) is 1. The van der Waals surface area contributed by atoms with Crippen LogP contribution in [0.2, 0.25) is 0 Å². The molecule has 1 aromatic rings. The molecule has 2 amide bonds. The molecule has 2 N–H and O–H groups in total. The van der Waals surface area contributed by atoms with Crippen LogP contribution < -0.4 is 5.32 Å². The molecule has 15 heteroatoms. The molecule has 0 spiro atoms. The third-order valence-corrected chi connectivity index (χ3v) is 9.97. The van der Waals surface area contributed by atoms with Crippen LogP contribution in [0.15, 0.2) is 16.9 Å². The van der Waals surface area contributed by atoms with Crippen molar-refractivity contribution in [2.75, 3.05) is 26.4 Å². The zero-order chi connectivity index (χ0) is 25.7. The van der Waals surface area contributed by atoms with E-state index in [4.69, 9.17) is 0 Å². The summed E-state index contributed by atoms with van der Waals surface area (Å²) in [4.78, 5) is 41.0. The van der Waals surface area contributed by atoms with E-state index in [9.17, 15) is 27.9 Å². The fourth-order valence-electron chi connectivity index (χ4n) is 5.24. The Morgan fingerprint density at radius 3 is 2.69 bits per heavy atom. The van der Waals surface area contributed by atoms with Crippen LogP contribution in [0.1, 0.15) is 20.3 Å². The average molecular weight is 528 g/mol. The number of amides is 2. The van der Waals surface area contributed by atoms with Crippen LogP contribution in [0.5, 0.6) is 0 Å². The first-order chi connectivity index (χ1) is 16.4. The number of carbonyl (C=O) groups is 3. The van der Waals surface area contributed by atoms with Gasteiger partial charge in [0.1, 0.15) is 17.9 Å². The van der Waals surface area contributed by atoms with Crippen LogP contribution in [0.3, 0.4) is 0 Å². The van der Waals surface area contributed by atoms with Crippen LogP contribution in [0.4, 0.5) is 0 Å². The summed E-state index contributed by atoms with van der Waals surface area (Å²) in [7, 11) is -0.228. The van der Waals surface area contributed by atoms with E-state index < -0.39 is 39.6 Å². The Morgan fingerprint density at radius 1 is 1.37 bits per heavy atom. The topological polar surface area (TPSA) is 168 Å². The van der Waals surface area contributed by atoms with Crippen LogP contribution in [-0.4, -0.2) is 105 Å². The standard InChI is InChI=1S/C20H29N7O6S2/c1-10(7-35(32,33)9-26-8-22-23-24-26)14-15-11(2)17(16(20(30)31)27(15)19(14)29)34-12-5-13(21-6-12)18(28)25(3)4/h8,10-15,21H,5-7,9H2,1-4H3,(H,30,31)/t10-,11+,12-,13-,14+,15+/m0/s1. The average Bonchev–Trinajstić information content (AvgIpc) is 3.47. The van der Waals surface area contributed by atoms with Gasteiger partial charge in [-0.05, 0) is 22.8 Å². The van der Waals surface area contributed by atoms with Gasteiger partial charge in [0.05, 0.1) is 23.8 Å². The first kappa shape index (κ1) is 25.6. The lowest BCUT2D eigenvalue weighted by Gasteiger charge is -2.47. The minimum atomic E-state index is -3.61. The third-order valence-electron chi connectivity index (χ3n) is 6.76. The maximum absolute atomic E-state index is 13.1. The van der Waals surface area contributed by atoms with Crippen molar-refractivity contribution in [2.45, 2.75) is 43.5 Å². The van der Waals surface area contributed by atoms with Gasteiger partial charge in [0.2, 0.25) is 11.8 Å². The number of thioether (sulfide) groups is 1. The molecule has 35 heavy (non-hydrogen) atoms. The van der Waals surface area contributed by atoms with Crippen molar-refractivity contribution in [1.82, 2.24) is 35.3 Å². The van der Waals surface area contributed by atoms with Crippen LogP contribution in [0, 0.1) is 17.8 Å². The zero-order valence-electron chi connectivity index (χ0n) is 19.9. The number of carboxylic acids is 1. The number of β-lactam (4-membered cyclic amide) rings is 1. The molecule has 2 fully saturated rings. The van der Waals surface area contributed by atoms with Gasteiger partial charge in [-0.3, -0.25) is 9.59 Å². The van der Waals surface area contributed by atoms with Crippen molar-refractivity contribution in [2.24, 2.45) is 17.8 Å². The number of likely N-dealkylation sites (N-methyl/N-ethyl adjacent to an activating group) is 1. The highest BCUT2D eigenvalue weighted by Crippen LogP contribution is 2.53. The Balaban J connectivity index is 1.47. The molecule has 0 bridgehead atoms. The van der Waals surface area contributed by atoms with Crippen LogP contribution >= 0.6 is 11.8 Å². The van der Waals surface area contributed by atoms with Gasteiger partial charge in [-0.1, -0.05) is 13.8 Å². The Labute approximate surface area is 207 Å². The molecule has 0 unspecified atom stereocenters. The fourth-order valence-corrected chi connectivity index (χ4v) is 8.35. The first-order valence-corrected chi connectivity index (χ1v) is 13.9. The summed E-state index contributed by atoms with van der Waals surface area (Å²) in [6.45, 7) is 4.13. The van der Waals surface area contributed by atoms with E-state index in [1.165, 1.54) is 27.9 Å². The number of nitrogens with zero attached hydrogens (tertiary/aromatic N) is 6. The number of rotatable bonds is 9. The Kier molecular flexibility index (Phi) is 6.94. The molecule has 4 rings (SSSR count). The molecule has 4 heterocycles. The lowest BCUT2D eigenvalue weighted by Crippen LogP contribution is -2.63. The highest BCUT2D eigenvalue weighted by molar-refractivity contribution is 8.03. The Bertz CT molecular complexity index is 1150. The third kappa shape index (κ3) is 4.80. The molecule has 0 radical (unpaired) electrons. The molecule has 2 saturated heterocycles. The first-order valence-electron chi connectivity index (χ1n) is 11.2. The molecule has 0 saturated carbocycles. The molecular formula is C20H29N7O6S2. The van der Waals surface area contributed by atoms with Gasteiger partial charge < -0.3 is 20.2 Å². The smallest absolute Gasteiger partial charge is 0.353 e. The predicted octanol–water partition coefficient (Wildman–Crippen LogP) is -0.994. The SMILES string of the molecule is C[C@@H](CS(=O)(=O)Cn1cnnn1)[C@H]1C(=O)N2C(C(=O)O)=C(S[C@@H]3CN[C@H](C(=O)N(C)C)C3)[C@H](C)[C@H]12. The lowest BCUT2D eigenvalue weighted by molar-refractivity contribution is -0.159. The molecule has 13 nitrogen and oxygen atoms in total. The lowest BCUT2D eigenvalue weighted by atomic mass is 9.75. The molecule has 0 aliphatic carbocycles. The number of aliphatic carboxylic acids is 1. The normalized spacial score (nSPS) is 29.2. The highest BCUT2D eigenvalue weighted by Gasteiger charge is 2.60. The van der Waals surface area contributed by atoms with Crippen LogP contribution in [0.25, 0.3) is 0 Å². The molecule has 3 aliphatic rings. The number of sulfone groups is 1. The highest BCUT2D eigenvalue weighted by atomic mass is 32.2. The molecular weight excluding hydrogens is 498 g/mol. The van der Waals surface area contributed by atoms with Crippen molar-refractivity contribution in [3.63, 3.8) is 0 Å². The van der Waals surface area contributed by atoms with E-state index in [0.717, 1.165) is 4.68 Å². The maximum Gasteiger partial charge on any atom is 0.353 e. The summed E-state index contributed by atoms with van der Waals surface area (Å²) >= 11 is 1.40. The van der Waals surface area contributed by atoms with Crippen molar-refractivity contribution >= 4 is 39.4 Å². The molecule has 0 aromatic carbocycles.